The van der Waals surface area contributed by atoms with Gasteiger partial charge in [0.25, 0.3) is 5.91 Å². The third kappa shape index (κ3) is 4.23. The minimum absolute atomic E-state index is 0.0588. The van der Waals surface area contributed by atoms with Crippen LogP contribution in [0.5, 0.6) is 0 Å². The third-order valence-electron chi connectivity index (χ3n) is 6.58. The van der Waals surface area contributed by atoms with Crippen LogP contribution in [-0.2, 0) is 17.8 Å². The lowest BCUT2D eigenvalue weighted by Crippen LogP contribution is -2.40. The van der Waals surface area contributed by atoms with Crippen molar-refractivity contribution in [3.8, 4) is 0 Å². The first-order valence-corrected chi connectivity index (χ1v) is 11.4. The zero-order valence-corrected chi connectivity index (χ0v) is 18.8. The zero-order valence-electron chi connectivity index (χ0n) is 18.8. The van der Waals surface area contributed by atoms with Crippen molar-refractivity contribution in [1.82, 2.24) is 9.91 Å². The van der Waals surface area contributed by atoms with E-state index in [1.54, 1.807) is 5.01 Å². The van der Waals surface area contributed by atoms with Gasteiger partial charge in [0.15, 0.2) is 0 Å². The van der Waals surface area contributed by atoms with E-state index in [0.717, 1.165) is 42.8 Å². The molecule has 0 bridgehead atoms. The second-order valence-corrected chi connectivity index (χ2v) is 9.01. The number of carbonyl (C=O) groups excluding carboxylic acids is 1. The number of hydrazone groups is 1. The van der Waals surface area contributed by atoms with Gasteiger partial charge in [0.2, 0.25) is 0 Å². The first-order valence-electron chi connectivity index (χ1n) is 11.4. The van der Waals surface area contributed by atoms with Crippen LogP contribution in [0.1, 0.15) is 45.8 Å². The van der Waals surface area contributed by atoms with Crippen LogP contribution in [0.2, 0.25) is 0 Å². The fraction of sp³-hybridized carbons (Fsp3) is 0.286. The standard InChI is InChI=1S/C28H29N3O/c1-20-7-11-23(12-8-20)26-17-27(24-13-9-21(2)10-14-24)31(29-26)28(32)19-30-16-15-22-5-3-4-6-25(22)18-30/h3-14,27H,15-19H2,1-2H3. The molecule has 3 aromatic rings. The molecule has 32 heavy (non-hydrogen) atoms. The molecule has 4 nitrogen and oxygen atoms in total. The van der Waals surface area contributed by atoms with Crippen LogP contribution >= 0.6 is 0 Å². The Kier molecular flexibility index (Phi) is 5.62. The van der Waals surface area contributed by atoms with Crippen molar-refractivity contribution in [2.24, 2.45) is 5.10 Å². The first kappa shape index (κ1) is 20.7. The summed E-state index contributed by atoms with van der Waals surface area (Å²) in [6, 6.07) is 25.4. The van der Waals surface area contributed by atoms with Crippen molar-refractivity contribution >= 4 is 11.6 Å². The Balaban J connectivity index is 1.39. The Morgan fingerprint density at radius 1 is 0.906 bits per heavy atom. The molecule has 0 saturated carbocycles. The molecule has 0 aromatic heterocycles. The highest BCUT2D eigenvalue weighted by Crippen LogP contribution is 2.33. The van der Waals surface area contributed by atoms with Crippen LogP contribution in [0.3, 0.4) is 0 Å². The summed E-state index contributed by atoms with van der Waals surface area (Å²) in [6.07, 6.45) is 1.73. The summed E-state index contributed by atoms with van der Waals surface area (Å²) in [4.78, 5) is 15.7. The molecular formula is C28H29N3O. The van der Waals surface area contributed by atoms with Gasteiger partial charge in [-0.1, -0.05) is 83.9 Å². The van der Waals surface area contributed by atoms with Crippen LogP contribution < -0.4 is 0 Å². The molecule has 1 amide bonds. The second-order valence-electron chi connectivity index (χ2n) is 9.01. The average molecular weight is 424 g/mol. The number of carbonyl (C=O) groups is 1. The van der Waals surface area contributed by atoms with Crippen molar-refractivity contribution in [3.05, 3.63) is 106 Å². The molecule has 2 aliphatic rings. The monoisotopic (exact) mass is 423 g/mol. The molecule has 162 valence electrons. The maximum Gasteiger partial charge on any atom is 0.257 e. The lowest BCUT2D eigenvalue weighted by molar-refractivity contribution is -0.134. The van der Waals surface area contributed by atoms with E-state index in [1.165, 1.54) is 22.3 Å². The molecule has 0 radical (unpaired) electrons. The van der Waals surface area contributed by atoms with Crippen LogP contribution in [-0.4, -0.2) is 34.6 Å². The molecule has 1 atom stereocenters. The summed E-state index contributed by atoms with van der Waals surface area (Å²) in [5, 5.41) is 6.59. The largest absolute Gasteiger partial charge is 0.290 e. The smallest absolute Gasteiger partial charge is 0.257 e. The number of fused-ring (bicyclic) bond motifs is 1. The Morgan fingerprint density at radius 3 is 2.28 bits per heavy atom. The predicted octanol–water partition coefficient (Wildman–Crippen LogP) is 5.04. The molecule has 1 unspecified atom stereocenters. The molecule has 2 aliphatic heterocycles. The fourth-order valence-corrected chi connectivity index (χ4v) is 4.66. The summed E-state index contributed by atoms with van der Waals surface area (Å²) in [5.74, 6) is 0.0667. The van der Waals surface area contributed by atoms with Crippen molar-refractivity contribution in [2.45, 2.75) is 39.3 Å². The minimum atomic E-state index is -0.0588. The highest BCUT2D eigenvalue weighted by Gasteiger charge is 2.34. The molecule has 5 rings (SSSR count). The van der Waals surface area contributed by atoms with Gasteiger partial charge in [-0.15, -0.1) is 0 Å². The number of hydrogen-bond acceptors (Lipinski definition) is 3. The van der Waals surface area contributed by atoms with Gasteiger partial charge in [-0.25, -0.2) is 5.01 Å². The molecule has 0 aliphatic carbocycles. The third-order valence-corrected chi connectivity index (χ3v) is 6.58. The van der Waals surface area contributed by atoms with Crippen LogP contribution in [0.15, 0.2) is 77.9 Å². The number of amides is 1. The summed E-state index contributed by atoms with van der Waals surface area (Å²) in [6.45, 7) is 6.28. The second kappa shape index (κ2) is 8.71. The molecule has 0 N–H and O–H groups in total. The van der Waals surface area contributed by atoms with E-state index in [0.29, 0.717) is 6.54 Å². The van der Waals surface area contributed by atoms with Crippen molar-refractivity contribution in [1.29, 1.82) is 0 Å². The molecule has 0 spiro atoms. The number of hydrogen-bond donors (Lipinski definition) is 0. The minimum Gasteiger partial charge on any atom is -0.290 e. The number of nitrogens with zero attached hydrogens (tertiary/aromatic N) is 3. The highest BCUT2D eigenvalue weighted by molar-refractivity contribution is 6.03. The molecule has 0 saturated heterocycles. The van der Waals surface area contributed by atoms with Crippen LogP contribution in [0.4, 0.5) is 0 Å². The molecular weight excluding hydrogens is 394 g/mol. The van der Waals surface area contributed by atoms with Crippen molar-refractivity contribution in [3.63, 3.8) is 0 Å². The Morgan fingerprint density at radius 2 is 1.56 bits per heavy atom. The van der Waals surface area contributed by atoms with Gasteiger partial charge in [-0.3, -0.25) is 9.69 Å². The van der Waals surface area contributed by atoms with Gasteiger partial charge >= 0.3 is 0 Å². The van der Waals surface area contributed by atoms with Crippen LogP contribution in [0.25, 0.3) is 0 Å². The number of aryl methyl sites for hydroxylation is 2. The van der Waals surface area contributed by atoms with Crippen molar-refractivity contribution in [2.75, 3.05) is 13.1 Å². The lowest BCUT2D eigenvalue weighted by atomic mass is 9.97. The summed E-state index contributed by atoms with van der Waals surface area (Å²) in [5.41, 5.74) is 8.38. The first-order chi connectivity index (χ1) is 15.6. The van der Waals surface area contributed by atoms with E-state index in [1.807, 2.05) is 0 Å². The average Bonchev–Trinajstić information content (AvgIpc) is 3.25. The molecule has 0 fully saturated rings. The van der Waals surface area contributed by atoms with E-state index in [-0.39, 0.29) is 11.9 Å². The molecule has 3 aromatic carbocycles. The summed E-state index contributed by atoms with van der Waals surface area (Å²) in [7, 11) is 0. The zero-order chi connectivity index (χ0) is 22.1. The maximum absolute atomic E-state index is 13.5. The Labute approximate surface area is 190 Å². The number of rotatable bonds is 4. The van der Waals surface area contributed by atoms with Gasteiger partial charge in [-0.2, -0.15) is 5.10 Å². The van der Waals surface area contributed by atoms with E-state index < -0.39 is 0 Å². The number of benzene rings is 3. The van der Waals surface area contributed by atoms with E-state index in [2.05, 4.69) is 91.5 Å². The van der Waals surface area contributed by atoms with E-state index >= 15 is 0 Å². The summed E-state index contributed by atoms with van der Waals surface area (Å²) >= 11 is 0. The topological polar surface area (TPSA) is 35.9 Å². The van der Waals surface area contributed by atoms with Gasteiger partial charge in [-0.05, 0) is 42.5 Å². The Bertz CT molecular complexity index is 1150. The fourth-order valence-electron chi connectivity index (χ4n) is 4.66. The molecule has 4 heteroatoms. The molecule has 2 heterocycles. The quantitative estimate of drug-likeness (QED) is 0.589. The SMILES string of the molecule is Cc1ccc(C2=NN(C(=O)CN3CCc4ccccc4C3)C(c3ccc(C)cc3)C2)cc1. The normalized spacial score (nSPS) is 18.4. The highest BCUT2D eigenvalue weighted by atomic mass is 16.2. The van der Waals surface area contributed by atoms with Gasteiger partial charge < -0.3 is 0 Å². The maximum atomic E-state index is 13.5. The predicted molar refractivity (Wildman–Crippen MR) is 129 cm³/mol. The Hall–Kier alpha value is -3.24. The lowest BCUT2D eigenvalue weighted by Gasteiger charge is -2.30. The van der Waals surface area contributed by atoms with Gasteiger partial charge in [0, 0.05) is 19.5 Å². The van der Waals surface area contributed by atoms with E-state index in [9.17, 15) is 4.79 Å². The van der Waals surface area contributed by atoms with Crippen molar-refractivity contribution < 1.29 is 4.79 Å². The van der Waals surface area contributed by atoms with Crippen LogP contribution in [0, 0.1) is 13.8 Å². The van der Waals surface area contributed by atoms with Gasteiger partial charge in [0.1, 0.15) is 0 Å². The summed E-state index contributed by atoms with van der Waals surface area (Å²) < 4.78 is 0. The van der Waals surface area contributed by atoms with Gasteiger partial charge in [0.05, 0.1) is 18.3 Å². The van der Waals surface area contributed by atoms with E-state index in [4.69, 9.17) is 5.10 Å².